The van der Waals surface area contributed by atoms with Gasteiger partial charge < -0.3 is 0 Å². The molecule has 0 saturated heterocycles. The summed E-state index contributed by atoms with van der Waals surface area (Å²) in [6.07, 6.45) is 2.58. The Labute approximate surface area is 152 Å². The molecule has 0 fully saturated rings. The lowest BCUT2D eigenvalue weighted by Crippen LogP contribution is -2.41. The van der Waals surface area contributed by atoms with Gasteiger partial charge in [0.25, 0.3) is 0 Å². The molecular formula is C21H21NO2S. The third kappa shape index (κ3) is 2.65. The van der Waals surface area contributed by atoms with E-state index in [9.17, 15) is 9.59 Å². The summed E-state index contributed by atoms with van der Waals surface area (Å²) in [6.45, 7) is 4.07. The number of hydrogen-bond acceptors (Lipinski definition) is 3. The summed E-state index contributed by atoms with van der Waals surface area (Å²) in [6, 6.07) is 10.1. The lowest BCUT2D eigenvalue weighted by molar-refractivity contribution is -0.119. The van der Waals surface area contributed by atoms with Gasteiger partial charge in [-0.05, 0) is 49.3 Å². The Morgan fingerprint density at radius 3 is 2.48 bits per heavy atom. The fraction of sp³-hybridized carbons (Fsp3) is 0.333. The van der Waals surface area contributed by atoms with Crippen LogP contribution < -0.4 is 4.90 Å². The number of carbonyl (C=O) groups is 2. The van der Waals surface area contributed by atoms with Gasteiger partial charge in [0.2, 0.25) is 5.91 Å². The van der Waals surface area contributed by atoms with Crippen LogP contribution in [-0.2, 0) is 9.59 Å². The van der Waals surface area contributed by atoms with Crippen molar-refractivity contribution < 1.29 is 9.59 Å². The van der Waals surface area contributed by atoms with Crippen molar-refractivity contribution in [2.75, 3.05) is 4.90 Å². The van der Waals surface area contributed by atoms with Crippen LogP contribution in [-0.4, -0.2) is 11.7 Å². The third-order valence-electron chi connectivity index (χ3n) is 5.22. The maximum Gasteiger partial charge on any atom is 0.232 e. The number of aryl methyl sites for hydroxylation is 2. The number of ketones is 1. The monoisotopic (exact) mass is 351 g/mol. The number of allylic oxidation sites excluding steroid dienone is 2. The molecule has 0 spiro atoms. The van der Waals surface area contributed by atoms with Crippen LogP contribution in [0.5, 0.6) is 0 Å². The van der Waals surface area contributed by atoms with E-state index in [1.54, 1.807) is 11.3 Å². The first-order valence-electron chi connectivity index (χ1n) is 8.76. The molecule has 1 aliphatic carbocycles. The van der Waals surface area contributed by atoms with Gasteiger partial charge in [0.05, 0.1) is 5.69 Å². The van der Waals surface area contributed by atoms with E-state index in [4.69, 9.17) is 0 Å². The Kier molecular flexibility index (Phi) is 4.08. The van der Waals surface area contributed by atoms with Gasteiger partial charge >= 0.3 is 0 Å². The molecule has 1 amide bonds. The van der Waals surface area contributed by atoms with Crippen molar-refractivity contribution in [1.82, 2.24) is 0 Å². The standard InChI is InChI=1S/C21H21NO2S/c1-13-6-3-7-14(2)21(13)22-16-8-4-9-17(23)20(16)15(12-19(22)24)18-10-5-11-25-18/h3,5-7,10-11,15H,4,8-9,12H2,1-2H3. The molecule has 25 heavy (non-hydrogen) atoms. The second-order valence-electron chi connectivity index (χ2n) is 6.88. The van der Waals surface area contributed by atoms with Crippen LogP contribution in [0.25, 0.3) is 0 Å². The molecule has 2 heterocycles. The molecule has 1 aromatic carbocycles. The fourth-order valence-corrected chi connectivity index (χ4v) is 4.98. The van der Waals surface area contributed by atoms with Gasteiger partial charge in [-0.25, -0.2) is 0 Å². The second kappa shape index (κ2) is 6.26. The minimum atomic E-state index is -0.0733. The normalized spacial score (nSPS) is 20.9. The molecular weight excluding hydrogens is 330 g/mol. The van der Waals surface area contributed by atoms with Gasteiger partial charge in [-0.3, -0.25) is 14.5 Å². The van der Waals surface area contributed by atoms with Gasteiger partial charge in [0.15, 0.2) is 5.78 Å². The topological polar surface area (TPSA) is 37.4 Å². The maximum absolute atomic E-state index is 13.2. The van der Waals surface area contributed by atoms with Crippen molar-refractivity contribution in [1.29, 1.82) is 0 Å². The van der Waals surface area contributed by atoms with E-state index >= 15 is 0 Å². The van der Waals surface area contributed by atoms with Crippen molar-refractivity contribution in [3.63, 3.8) is 0 Å². The average molecular weight is 351 g/mol. The van der Waals surface area contributed by atoms with Gasteiger partial charge in [-0.15, -0.1) is 11.3 Å². The SMILES string of the molecule is Cc1cccc(C)c1N1C(=O)CC(c2cccs2)C2=C1CCCC2=O. The first-order valence-corrected chi connectivity index (χ1v) is 9.64. The number of thiophene rings is 1. The van der Waals surface area contributed by atoms with Crippen LogP contribution in [0.15, 0.2) is 47.0 Å². The Morgan fingerprint density at radius 2 is 1.80 bits per heavy atom. The van der Waals surface area contributed by atoms with E-state index in [-0.39, 0.29) is 17.6 Å². The van der Waals surface area contributed by atoms with Crippen LogP contribution in [0.2, 0.25) is 0 Å². The molecule has 1 aromatic heterocycles. The van der Waals surface area contributed by atoms with Gasteiger partial charge in [-0.1, -0.05) is 24.3 Å². The number of hydrogen-bond donors (Lipinski definition) is 0. The summed E-state index contributed by atoms with van der Waals surface area (Å²) in [5, 5.41) is 2.02. The predicted octanol–water partition coefficient (Wildman–Crippen LogP) is 4.89. The highest BCUT2D eigenvalue weighted by Crippen LogP contribution is 2.45. The minimum absolute atomic E-state index is 0.0733. The van der Waals surface area contributed by atoms with E-state index < -0.39 is 0 Å². The summed E-state index contributed by atoms with van der Waals surface area (Å²) >= 11 is 1.64. The number of para-hydroxylation sites is 1. The number of rotatable bonds is 2. The Morgan fingerprint density at radius 1 is 1.04 bits per heavy atom. The van der Waals surface area contributed by atoms with Crippen molar-refractivity contribution in [3.05, 3.63) is 63.0 Å². The fourth-order valence-electron chi connectivity index (χ4n) is 4.14. The highest BCUT2D eigenvalue weighted by molar-refractivity contribution is 7.10. The van der Waals surface area contributed by atoms with E-state index in [0.29, 0.717) is 12.8 Å². The molecule has 0 N–H and O–H groups in total. The molecule has 4 rings (SSSR count). The zero-order valence-electron chi connectivity index (χ0n) is 14.5. The van der Waals surface area contributed by atoms with E-state index in [1.165, 1.54) is 0 Å². The smallest absolute Gasteiger partial charge is 0.232 e. The number of amides is 1. The average Bonchev–Trinajstić information content (AvgIpc) is 3.10. The summed E-state index contributed by atoms with van der Waals surface area (Å²) in [4.78, 5) is 28.9. The van der Waals surface area contributed by atoms with Crippen LogP contribution in [0.3, 0.4) is 0 Å². The minimum Gasteiger partial charge on any atom is -0.294 e. The number of anilines is 1. The number of Topliss-reactive ketones (excluding diaryl/α,β-unsaturated/α-hetero) is 1. The zero-order chi connectivity index (χ0) is 17.6. The lowest BCUT2D eigenvalue weighted by atomic mass is 9.79. The van der Waals surface area contributed by atoms with Crippen LogP contribution in [0.1, 0.15) is 47.6 Å². The molecule has 1 atom stereocenters. The highest BCUT2D eigenvalue weighted by Gasteiger charge is 2.40. The maximum atomic E-state index is 13.2. The molecule has 3 nitrogen and oxygen atoms in total. The van der Waals surface area contributed by atoms with Crippen molar-refractivity contribution in [3.8, 4) is 0 Å². The quantitative estimate of drug-likeness (QED) is 0.772. The van der Waals surface area contributed by atoms with Crippen LogP contribution in [0.4, 0.5) is 5.69 Å². The molecule has 2 aliphatic rings. The van der Waals surface area contributed by atoms with Crippen molar-refractivity contribution in [2.45, 2.75) is 45.4 Å². The zero-order valence-corrected chi connectivity index (χ0v) is 15.4. The van der Waals surface area contributed by atoms with Gasteiger partial charge in [0.1, 0.15) is 0 Å². The predicted molar refractivity (Wildman–Crippen MR) is 101 cm³/mol. The summed E-state index contributed by atoms with van der Waals surface area (Å²) in [7, 11) is 0. The van der Waals surface area contributed by atoms with Gasteiger partial charge in [-0.2, -0.15) is 0 Å². The van der Waals surface area contributed by atoms with E-state index in [1.807, 2.05) is 54.5 Å². The molecule has 0 radical (unpaired) electrons. The Balaban J connectivity index is 1.92. The lowest BCUT2D eigenvalue weighted by Gasteiger charge is -2.39. The molecule has 128 valence electrons. The Hall–Kier alpha value is -2.20. The molecule has 2 aromatic rings. The second-order valence-corrected chi connectivity index (χ2v) is 7.86. The summed E-state index contributed by atoms with van der Waals surface area (Å²) in [5.41, 5.74) is 4.92. The van der Waals surface area contributed by atoms with Crippen LogP contribution in [0, 0.1) is 13.8 Å². The number of nitrogens with zero attached hydrogens (tertiary/aromatic N) is 1. The molecule has 0 saturated carbocycles. The first-order chi connectivity index (χ1) is 12.1. The highest BCUT2D eigenvalue weighted by atomic mass is 32.1. The molecule has 0 bridgehead atoms. The Bertz CT molecular complexity index is 859. The summed E-state index contributed by atoms with van der Waals surface area (Å²) < 4.78 is 0. The van der Waals surface area contributed by atoms with Gasteiger partial charge in [0, 0.05) is 34.9 Å². The molecule has 4 heteroatoms. The van der Waals surface area contributed by atoms with E-state index in [2.05, 4.69) is 0 Å². The van der Waals surface area contributed by atoms with Crippen LogP contribution >= 0.6 is 11.3 Å². The number of benzene rings is 1. The number of carbonyl (C=O) groups excluding carboxylic acids is 2. The molecule has 1 aliphatic heterocycles. The first kappa shape index (κ1) is 16.3. The van der Waals surface area contributed by atoms with Crippen molar-refractivity contribution in [2.24, 2.45) is 0 Å². The molecule has 1 unspecified atom stereocenters. The van der Waals surface area contributed by atoms with E-state index in [0.717, 1.165) is 45.8 Å². The summed E-state index contributed by atoms with van der Waals surface area (Å²) in [5.74, 6) is 0.239. The third-order valence-corrected chi connectivity index (χ3v) is 6.21. The van der Waals surface area contributed by atoms with Crippen molar-refractivity contribution >= 4 is 28.7 Å². The largest absolute Gasteiger partial charge is 0.294 e.